The van der Waals surface area contributed by atoms with Gasteiger partial charge in [-0.25, -0.2) is 0 Å². The van der Waals surface area contributed by atoms with Crippen LogP contribution >= 0.6 is 0 Å². The highest BCUT2D eigenvalue weighted by molar-refractivity contribution is 6.14. The maximum absolute atomic E-state index is 14.2. The molecule has 1 rings (SSSR count). The molecule has 3 N–H and O–H groups in total. The number of amides is 1. The van der Waals surface area contributed by atoms with Crippen LogP contribution in [0, 0.1) is 11.8 Å². The molecule has 0 aromatic carbocycles. The summed E-state index contributed by atoms with van der Waals surface area (Å²) in [6, 6.07) is 0. The first-order valence-electron chi connectivity index (χ1n) is 10.8. The number of ether oxygens (including phenoxy) is 1. The molecule has 0 spiro atoms. The third kappa shape index (κ3) is 3.56. The Morgan fingerprint density at radius 3 is 2.10 bits per heavy atom. The quantitative estimate of drug-likeness (QED) is 0.483. The lowest BCUT2D eigenvalue weighted by atomic mass is 9.67. The van der Waals surface area contributed by atoms with E-state index >= 15 is 0 Å². The summed E-state index contributed by atoms with van der Waals surface area (Å²) < 4.78 is 5.53. The molecule has 5 atom stereocenters. The number of Topliss-reactive ketones (excluding diaryl/α,β-unsaturated/α-hetero) is 1. The van der Waals surface area contributed by atoms with Crippen LogP contribution in [0.3, 0.4) is 0 Å². The first-order valence-corrected chi connectivity index (χ1v) is 10.8. The van der Waals surface area contributed by atoms with Gasteiger partial charge in [-0.2, -0.15) is 0 Å². The maximum atomic E-state index is 14.2. The number of primary amides is 1. The van der Waals surface area contributed by atoms with Gasteiger partial charge in [-0.15, -0.1) is 0 Å². The molecule has 30 heavy (non-hydrogen) atoms. The van der Waals surface area contributed by atoms with Crippen molar-refractivity contribution in [2.24, 2.45) is 17.6 Å². The smallest absolute Gasteiger partial charge is 0.327 e. The molecule has 174 valence electrons. The van der Waals surface area contributed by atoms with Gasteiger partial charge in [0.2, 0.25) is 5.91 Å². The molecule has 0 aromatic heterocycles. The number of carboxylic acid groups (broad SMARTS) is 1. The molecule has 0 saturated carbocycles. The van der Waals surface area contributed by atoms with Crippen molar-refractivity contribution in [2.75, 3.05) is 27.7 Å². The number of hydrogen-bond acceptors (Lipinski definition) is 6. The van der Waals surface area contributed by atoms with Crippen LogP contribution in [0.5, 0.6) is 0 Å². The van der Waals surface area contributed by atoms with E-state index in [-0.39, 0.29) is 5.78 Å². The lowest BCUT2D eigenvalue weighted by Crippen LogP contribution is -2.79. The lowest BCUT2D eigenvalue weighted by molar-refractivity contribution is -0.186. The van der Waals surface area contributed by atoms with E-state index < -0.39 is 46.4 Å². The van der Waals surface area contributed by atoms with E-state index in [0.29, 0.717) is 12.8 Å². The molecule has 8 nitrogen and oxygen atoms in total. The summed E-state index contributed by atoms with van der Waals surface area (Å²) in [6.45, 7) is 11.4. The SMILES string of the molecule is CC[C@H](C)[C@@](C(=O)O)([C@@H](C)OC)N(C)[C@@](C(N)=O)(C(=O)[C@@]1(C)CCCN1C)C(C)C. The molecule has 1 amide bonds. The van der Waals surface area contributed by atoms with E-state index in [0.717, 1.165) is 13.0 Å². The van der Waals surface area contributed by atoms with Gasteiger partial charge < -0.3 is 15.6 Å². The van der Waals surface area contributed by atoms with Crippen molar-refractivity contribution in [1.29, 1.82) is 0 Å². The molecule has 0 bridgehead atoms. The molecular weight excluding hydrogens is 386 g/mol. The first-order chi connectivity index (χ1) is 13.7. The minimum Gasteiger partial charge on any atom is -0.480 e. The van der Waals surface area contributed by atoms with Crippen LogP contribution in [-0.4, -0.2) is 83.0 Å². The van der Waals surface area contributed by atoms with Gasteiger partial charge in [0.1, 0.15) is 5.54 Å². The Morgan fingerprint density at radius 2 is 1.80 bits per heavy atom. The van der Waals surface area contributed by atoms with Crippen LogP contribution in [-0.2, 0) is 19.1 Å². The number of nitrogens with two attached hydrogens (primary N) is 1. The highest BCUT2D eigenvalue weighted by Gasteiger charge is 2.66. The third-order valence-corrected chi connectivity index (χ3v) is 7.81. The predicted octanol–water partition coefficient (Wildman–Crippen LogP) is 1.76. The molecule has 0 aliphatic carbocycles. The normalized spacial score (nSPS) is 26.2. The van der Waals surface area contributed by atoms with Crippen molar-refractivity contribution >= 4 is 17.7 Å². The van der Waals surface area contributed by atoms with E-state index in [1.54, 1.807) is 27.7 Å². The molecule has 1 fully saturated rings. The van der Waals surface area contributed by atoms with Crippen molar-refractivity contribution < 1.29 is 24.2 Å². The zero-order valence-electron chi connectivity index (χ0n) is 20.1. The Morgan fingerprint density at radius 1 is 1.27 bits per heavy atom. The van der Waals surface area contributed by atoms with E-state index in [2.05, 4.69) is 0 Å². The Bertz CT molecular complexity index is 657. The second-order valence-corrected chi connectivity index (χ2v) is 9.29. The zero-order chi connectivity index (χ0) is 23.7. The molecule has 0 aromatic rings. The average molecular weight is 428 g/mol. The average Bonchev–Trinajstić information content (AvgIpc) is 3.01. The number of rotatable bonds is 11. The third-order valence-electron chi connectivity index (χ3n) is 7.81. The van der Waals surface area contributed by atoms with Crippen LogP contribution in [0.25, 0.3) is 0 Å². The maximum Gasteiger partial charge on any atom is 0.327 e. The second kappa shape index (κ2) is 9.32. The van der Waals surface area contributed by atoms with E-state index in [9.17, 15) is 19.5 Å². The number of nitrogens with zero attached hydrogens (tertiary/aromatic N) is 2. The minimum absolute atomic E-state index is 0.350. The number of hydrogen-bond donors (Lipinski definition) is 2. The molecule has 1 aliphatic heterocycles. The Balaban J connectivity index is 3.93. The molecular formula is C22H41N3O5. The summed E-state index contributed by atoms with van der Waals surface area (Å²) in [7, 11) is 4.83. The summed E-state index contributed by atoms with van der Waals surface area (Å²) in [5, 5.41) is 10.5. The Hall–Kier alpha value is -1.51. The lowest BCUT2D eigenvalue weighted by Gasteiger charge is -2.55. The second-order valence-electron chi connectivity index (χ2n) is 9.29. The van der Waals surface area contributed by atoms with Gasteiger partial charge in [-0.3, -0.25) is 24.2 Å². The Kier molecular flexibility index (Phi) is 8.24. The van der Waals surface area contributed by atoms with Crippen LogP contribution in [0.4, 0.5) is 0 Å². The molecule has 1 saturated heterocycles. The van der Waals surface area contributed by atoms with Crippen molar-refractivity contribution in [3.63, 3.8) is 0 Å². The summed E-state index contributed by atoms with van der Waals surface area (Å²) >= 11 is 0. The van der Waals surface area contributed by atoms with Gasteiger partial charge in [0, 0.05) is 7.11 Å². The number of carboxylic acids is 1. The van der Waals surface area contributed by atoms with E-state index in [1.165, 1.54) is 19.1 Å². The fraction of sp³-hybridized carbons (Fsp3) is 0.864. The van der Waals surface area contributed by atoms with Gasteiger partial charge in [0.25, 0.3) is 0 Å². The highest BCUT2D eigenvalue weighted by atomic mass is 16.5. The van der Waals surface area contributed by atoms with Crippen molar-refractivity contribution in [3.05, 3.63) is 0 Å². The topological polar surface area (TPSA) is 113 Å². The van der Waals surface area contributed by atoms with Crippen molar-refractivity contribution in [2.45, 2.75) is 83.5 Å². The first kappa shape index (κ1) is 26.5. The van der Waals surface area contributed by atoms with Crippen LogP contribution < -0.4 is 5.73 Å². The van der Waals surface area contributed by atoms with E-state index in [4.69, 9.17) is 10.5 Å². The number of aliphatic carboxylic acids is 1. The molecule has 0 unspecified atom stereocenters. The van der Waals surface area contributed by atoms with E-state index in [1.807, 2.05) is 25.8 Å². The fourth-order valence-electron chi connectivity index (χ4n) is 5.47. The predicted molar refractivity (Wildman–Crippen MR) is 116 cm³/mol. The van der Waals surface area contributed by atoms with Gasteiger partial charge in [-0.1, -0.05) is 34.1 Å². The standard InChI is InChI=1S/C22H41N3O5/c1-10-15(4)22(19(28)29,16(5)30-9)25(8)21(14(2)3,18(23)27)17(26)20(6)12-11-13-24(20)7/h14-16H,10-13H2,1-9H3,(H2,23,27)(H,28,29)/t15-,16+,20+,21+,22-/m0/s1. The van der Waals surface area contributed by atoms with Gasteiger partial charge in [0.15, 0.2) is 11.3 Å². The number of carbonyl (C=O) groups is 3. The van der Waals surface area contributed by atoms with Crippen LogP contribution in [0.15, 0.2) is 0 Å². The van der Waals surface area contributed by atoms with Crippen molar-refractivity contribution in [3.8, 4) is 0 Å². The van der Waals surface area contributed by atoms with Gasteiger partial charge >= 0.3 is 5.97 Å². The zero-order valence-corrected chi connectivity index (χ0v) is 20.1. The number of methoxy groups -OCH3 is 1. The highest BCUT2D eigenvalue weighted by Crippen LogP contribution is 2.44. The minimum atomic E-state index is -1.82. The number of ketones is 1. The van der Waals surface area contributed by atoms with Crippen LogP contribution in [0.1, 0.15) is 60.8 Å². The number of likely N-dealkylation sites (N-methyl/N-ethyl adjacent to an activating group) is 2. The summed E-state index contributed by atoms with van der Waals surface area (Å²) in [4.78, 5) is 43.6. The van der Waals surface area contributed by atoms with Gasteiger partial charge in [-0.05, 0) is 59.2 Å². The summed E-state index contributed by atoms with van der Waals surface area (Å²) in [5.74, 6) is -3.29. The fourth-order valence-corrected chi connectivity index (χ4v) is 5.47. The Labute approximate surface area is 181 Å². The molecule has 1 aliphatic rings. The summed E-state index contributed by atoms with van der Waals surface area (Å²) in [6.07, 6.45) is 1.12. The number of carbonyl (C=O) groups excluding carboxylic acids is 2. The monoisotopic (exact) mass is 427 g/mol. The van der Waals surface area contributed by atoms with Crippen LogP contribution in [0.2, 0.25) is 0 Å². The molecule has 1 heterocycles. The number of likely N-dealkylation sites (tertiary alicyclic amines) is 1. The molecule has 0 radical (unpaired) electrons. The van der Waals surface area contributed by atoms with Gasteiger partial charge in [0.05, 0.1) is 11.6 Å². The van der Waals surface area contributed by atoms with Crippen molar-refractivity contribution in [1.82, 2.24) is 9.80 Å². The molecule has 8 heteroatoms. The largest absolute Gasteiger partial charge is 0.480 e. The summed E-state index contributed by atoms with van der Waals surface area (Å²) in [5.41, 5.74) is 1.61.